The zero-order valence-electron chi connectivity index (χ0n) is 10.5. The quantitative estimate of drug-likeness (QED) is 0.605. The molecule has 0 aliphatic carbocycles. The van der Waals surface area contributed by atoms with Crippen LogP contribution in [0.3, 0.4) is 0 Å². The fraction of sp³-hybridized carbons (Fsp3) is 0.133. The van der Waals surface area contributed by atoms with Gasteiger partial charge >= 0.3 is 0 Å². The molecule has 0 bridgehead atoms. The van der Waals surface area contributed by atoms with E-state index in [2.05, 4.69) is 23.4 Å². The summed E-state index contributed by atoms with van der Waals surface area (Å²) in [6, 6.07) is 16.0. The molecule has 0 N–H and O–H groups in total. The minimum Gasteiger partial charge on any atom is -0.497 e. The standard InChI is InChI=1S/C15H15NOS/c1-17-14-7-3-12(4-8-14)11-16-13-5-9-15(18-2)10-6-13/h3-11H,1-2H3. The molecule has 2 aromatic rings. The highest BCUT2D eigenvalue weighted by Crippen LogP contribution is 2.19. The van der Waals surface area contributed by atoms with Gasteiger partial charge in [0.25, 0.3) is 0 Å². The van der Waals surface area contributed by atoms with E-state index in [0.717, 1.165) is 17.0 Å². The van der Waals surface area contributed by atoms with E-state index in [1.165, 1.54) is 4.90 Å². The van der Waals surface area contributed by atoms with Crippen molar-refractivity contribution < 1.29 is 4.74 Å². The Hall–Kier alpha value is -1.74. The lowest BCUT2D eigenvalue weighted by atomic mass is 10.2. The van der Waals surface area contributed by atoms with E-state index in [9.17, 15) is 0 Å². The summed E-state index contributed by atoms with van der Waals surface area (Å²) in [6.07, 6.45) is 3.92. The maximum absolute atomic E-state index is 5.11. The fourth-order valence-corrected chi connectivity index (χ4v) is 1.92. The molecule has 0 radical (unpaired) electrons. The van der Waals surface area contributed by atoms with Crippen LogP contribution in [-0.2, 0) is 0 Å². The molecule has 0 amide bonds. The van der Waals surface area contributed by atoms with Crippen molar-refractivity contribution in [3.05, 3.63) is 54.1 Å². The van der Waals surface area contributed by atoms with Crippen molar-refractivity contribution in [2.45, 2.75) is 4.90 Å². The lowest BCUT2D eigenvalue weighted by Crippen LogP contribution is -1.84. The molecule has 18 heavy (non-hydrogen) atoms. The van der Waals surface area contributed by atoms with Crippen LogP contribution >= 0.6 is 11.8 Å². The van der Waals surface area contributed by atoms with Gasteiger partial charge in [0.05, 0.1) is 12.8 Å². The summed E-state index contributed by atoms with van der Waals surface area (Å²) >= 11 is 1.73. The van der Waals surface area contributed by atoms with Crippen molar-refractivity contribution in [3.63, 3.8) is 0 Å². The van der Waals surface area contributed by atoms with Gasteiger partial charge in [-0.3, -0.25) is 4.99 Å². The highest BCUT2D eigenvalue weighted by molar-refractivity contribution is 7.98. The van der Waals surface area contributed by atoms with E-state index in [1.54, 1.807) is 18.9 Å². The van der Waals surface area contributed by atoms with E-state index >= 15 is 0 Å². The van der Waals surface area contributed by atoms with E-state index < -0.39 is 0 Å². The smallest absolute Gasteiger partial charge is 0.118 e. The third kappa shape index (κ3) is 3.37. The molecule has 92 valence electrons. The predicted octanol–water partition coefficient (Wildman–Crippen LogP) is 4.17. The average molecular weight is 257 g/mol. The second-order valence-corrected chi connectivity index (χ2v) is 4.61. The molecule has 2 aromatic carbocycles. The minimum absolute atomic E-state index is 0.858. The zero-order valence-corrected chi connectivity index (χ0v) is 11.3. The third-order valence-electron chi connectivity index (χ3n) is 2.55. The lowest BCUT2D eigenvalue weighted by Gasteiger charge is -1.99. The monoisotopic (exact) mass is 257 g/mol. The van der Waals surface area contributed by atoms with Gasteiger partial charge in [-0.05, 0) is 60.4 Å². The van der Waals surface area contributed by atoms with Gasteiger partial charge in [-0.1, -0.05) is 0 Å². The lowest BCUT2D eigenvalue weighted by molar-refractivity contribution is 0.415. The van der Waals surface area contributed by atoms with Gasteiger partial charge < -0.3 is 4.74 Å². The summed E-state index contributed by atoms with van der Waals surface area (Å²) in [7, 11) is 1.66. The van der Waals surface area contributed by atoms with Crippen molar-refractivity contribution in [2.24, 2.45) is 4.99 Å². The zero-order chi connectivity index (χ0) is 12.8. The SMILES string of the molecule is COc1ccc(C=Nc2ccc(SC)cc2)cc1. The van der Waals surface area contributed by atoms with E-state index in [0.29, 0.717) is 0 Å². The molecule has 0 aromatic heterocycles. The van der Waals surface area contributed by atoms with Crippen molar-refractivity contribution in [1.29, 1.82) is 0 Å². The van der Waals surface area contributed by atoms with Gasteiger partial charge in [-0.15, -0.1) is 11.8 Å². The molecule has 0 unspecified atom stereocenters. The number of hydrogen-bond acceptors (Lipinski definition) is 3. The number of nitrogens with zero attached hydrogens (tertiary/aromatic N) is 1. The Balaban J connectivity index is 2.08. The predicted molar refractivity (Wildman–Crippen MR) is 78.5 cm³/mol. The average Bonchev–Trinajstić information content (AvgIpc) is 2.46. The fourth-order valence-electron chi connectivity index (χ4n) is 1.51. The molecule has 2 nitrogen and oxygen atoms in total. The summed E-state index contributed by atoms with van der Waals surface area (Å²) in [4.78, 5) is 5.68. The first-order chi connectivity index (χ1) is 8.81. The number of thioether (sulfide) groups is 1. The van der Waals surface area contributed by atoms with Crippen molar-refractivity contribution >= 4 is 23.7 Å². The van der Waals surface area contributed by atoms with E-state index in [4.69, 9.17) is 4.74 Å². The van der Waals surface area contributed by atoms with Crippen LogP contribution in [0.2, 0.25) is 0 Å². The number of rotatable bonds is 4. The molecule has 0 aliphatic rings. The van der Waals surface area contributed by atoms with Crippen LogP contribution < -0.4 is 4.74 Å². The third-order valence-corrected chi connectivity index (χ3v) is 3.29. The highest BCUT2D eigenvalue weighted by Gasteiger charge is 1.92. The van der Waals surface area contributed by atoms with Crippen molar-refractivity contribution in [3.8, 4) is 5.75 Å². The summed E-state index contributed by atoms with van der Waals surface area (Å²) in [5, 5.41) is 0. The van der Waals surface area contributed by atoms with Gasteiger partial charge in [0.2, 0.25) is 0 Å². The Morgan fingerprint density at radius 3 is 2.22 bits per heavy atom. The van der Waals surface area contributed by atoms with Gasteiger partial charge in [0.1, 0.15) is 5.75 Å². The second kappa shape index (κ2) is 6.26. The largest absolute Gasteiger partial charge is 0.497 e. The Morgan fingerprint density at radius 1 is 1.00 bits per heavy atom. The summed E-state index contributed by atoms with van der Waals surface area (Å²) in [6.45, 7) is 0. The Labute approximate surface area is 112 Å². The van der Waals surface area contributed by atoms with Gasteiger partial charge in [0.15, 0.2) is 0 Å². The Morgan fingerprint density at radius 2 is 1.67 bits per heavy atom. The van der Waals surface area contributed by atoms with Gasteiger partial charge in [-0.25, -0.2) is 0 Å². The maximum Gasteiger partial charge on any atom is 0.118 e. The topological polar surface area (TPSA) is 21.6 Å². The first-order valence-corrected chi connectivity index (χ1v) is 6.86. The van der Waals surface area contributed by atoms with Crippen molar-refractivity contribution in [2.75, 3.05) is 13.4 Å². The van der Waals surface area contributed by atoms with Crippen LogP contribution in [0.1, 0.15) is 5.56 Å². The first kappa shape index (κ1) is 12.7. The van der Waals surface area contributed by atoms with Crippen LogP contribution in [0, 0.1) is 0 Å². The van der Waals surface area contributed by atoms with Crippen LogP contribution in [0.5, 0.6) is 5.75 Å². The van der Waals surface area contributed by atoms with Gasteiger partial charge in [0, 0.05) is 11.1 Å². The maximum atomic E-state index is 5.11. The van der Waals surface area contributed by atoms with Crippen LogP contribution in [0.4, 0.5) is 5.69 Å². The summed E-state index contributed by atoms with van der Waals surface area (Å²) in [5.74, 6) is 0.858. The molecule has 0 saturated carbocycles. The van der Waals surface area contributed by atoms with Gasteiger partial charge in [-0.2, -0.15) is 0 Å². The molecule has 0 atom stereocenters. The van der Waals surface area contributed by atoms with E-state index in [-0.39, 0.29) is 0 Å². The number of methoxy groups -OCH3 is 1. The summed E-state index contributed by atoms with van der Waals surface area (Å²) in [5.41, 5.74) is 2.02. The molecule has 0 fully saturated rings. The van der Waals surface area contributed by atoms with Crippen molar-refractivity contribution in [1.82, 2.24) is 0 Å². The molecular formula is C15H15NOS. The number of ether oxygens (including phenoxy) is 1. The normalized spacial score (nSPS) is 10.8. The molecular weight excluding hydrogens is 242 g/mol. The molecule has 3 heteroatoms. The summed E-state index contributed by atoms with van der Waals surface area (Å²) < 4.78 is 5.11. The number of hydrogen-bond donors (Lipinski definition) is 0. The molecule has 0 spiro atoms. The molecule has 0 heterocycles. The molecule has 2 rings (SSSR count). The Bertz CT molecular complexity index is 468. The molecule has 0 aliphatic heterocycles. The first-order valence-electron chi connectivity index (χ1n) is 5.64. The van der Waals surface area contributed by atoms with Crippen LogP contribution in [0.25, 0.3) is 0 Å². The van der Waals surface area contributed by atoms with E-state index in [1.807, 2.05) is 42.6 Å². The van der Waals surface area contributed by atoms with Crippen LogP contribution in [-0.4, -0.2) is 19.6 Å². The Kier molecular flexibility index (Phi) is 4.42. The van der Waals surface area contributed by atoms with Crippen LogP contribution in [0.15, 0.2) is 58.4 Å². The number of benzene rings is 2. The highest BCUT2D eigenvalue weighted by atomic mass is 32.2. The molecule has 0 saturated heterocycles. The second-order valence-electron chi connectivity index (χ2n) is 3.73. The number of aliphatic imine (C=N–C) groups is 1. The minimum atomic E-state index is 0.858.